The van der Waals surface area contributed by atoms with Gasteiger partial charge in [-0.3, -0.25) is 4.90 Å². The van der Waals surface area contributed by atoms with Crippen LogP contribution in [0.4, 0.5) is 0 Å². The maximum Gasteiger partial charge on any atom is 0.112 e. The van der Waals surface area contributed by atoms with Crippen molar-refractivity contribution in [2.75, 3.05) is 19.6 Å². The van der Waals surface area contributed by atoms with Crippen LogP contribution in [0.3, 0.4) is 0 Å². The molecule has 0 spiro atoms. The summed E-state index contributed by atoms with van der Waals surface area (Å²) in [6, 6.07) is 1.45. The van der Waals surface area contributed by atoms with Gasteiger partial charge in [0.15, 0.2) is 0 Å². The molecule has 0 aliphatic carbocycles. The Balaban J connectivity index is 1.74. The molecule has 2 atom stereocenters. The van der Waals surface area contributed by atoms with E-state index in [0.717, 1.165) is 25.6 Å². The molecule has 21 heavy (non-hydrogen) atoms. The Morgan fingerprint density at radius 1 is 1.14 bits per heavy atom. The Hall–Kier alpha value is -0.870. The van der Waals surface area contributed by atoms with Gasteiger partial charge in [0.2, 0.25) is 0 Å². The summed E-state index contributed by atoms with van der Waals surface area (Å²) >= 11 is 0. The summed E-state index contributed by atoms with van der Waals surface area (Å²) in [5.41, 5.74) is 2.86. The minimum absolute atomic E-state index is 0.522. The number of hydrogen-bond acceptors (Lipinski definition) is 3. The lowest BCUT2D eigenvalue weighted by atomic mass is 9.97. The fraction of sp³-hybridized carbons (Fsp3) is 0.824. The van der Waals surface area contributed by atoms with Crippen molar-refractivity contribution in [3.8, 4) is 0 Å². The van der Waals surface area contributed by atoms with Crippen LogP contribution in [0.15, 0.2) is 0 Å². The van der Waals surface area contributed by atoms with E-state index in [-0.39, 0.29) is 0 Å². The Labute approximate surface area is 127 Å². The second kappa shape index (κ2) is 5.40. The van der Waals surface area contributed by atoms with Crippen molar-refractivity contribution in [3.63, 3.8) is 0 Å². The molecule has 0 aromatic carbocycles. The van der Waals surface area contributed by atoms with Crippen LogP contribution in [0.1, 0.15) is 68.7 Å². The molecule has 2 fully saturated rings. The first-order valence-corrected chi connectivity index (χ1v) is 8.80. The van der Waals surface area contributed by atoms with Crippen LogP contribution in [0.5, 0.6) is 0 Å². The molecule has 4 heteroatoms. The first kappa shape index (κ1) is 13.8. The fourth-order valence-electron chi connectivity index (χ4n) is 4.65. The molecule has 3 aliphatic rings. The van der Waals surface area contributed by atoms with Crippen LogP contribution >= 0.6 is 0 Å². The van der Waals surface area contributed by atoms with Crippen LogP contribution in [-0.2, 0) is 13.0 Å². The van der Waals surface area contributed by atoms with Crippen LogP contribution in [0.25, 0.3) is 0 Å². The van der Waals surface area contributed by atoms with Crippen molar-refractivity contribution in [1.82, 2.24) is 19.8 Å². The average molecular weight is 288 g/mol. The van der Waals surface area contributed by atoms with Gasteiger partial charge in [0.1, 0.15) is 5.82 Å². The standard InChI is InChI=1S/C17H28N4/c1-12(2)17-19-13-11-18-8-6-14(13)21(17)16-7-10-20-9-4-3-5-15(16)20/h12,15-16,18H,3-11H2,1-2H3. The zero-order valence-corrected chi connectivity index (χ0v) is 13.4. The first-order valence-electron chi connectivity index (χ1n) is 8.80. The molecule has 116 valence electrons. The highest BCUT2D eigenvalue weighted by atomic mass is 15.3. The van der Waals surface area contributed by atoms with Gasteiger partial charge in [-0.25, -0.2) is 4.98 Å². The van der Waals surface area contributed by atoms with Crippen LogP contribution in [0.2, 0.25) is 0 Å². The van der Waals surface area contributed by atoms with Gasteiger partial charge in [-0.2, -0.15) is 0 Å². The average Bonchev–Trinajstić information content (AvgIpc) is 3.07. The minimum atomic E-state index is 0.522. The molecule has 0 saturated carbocycles. The summed E-state index contributed by atoms with van der Waals surface area (Å²) in [5.74, 6) is 1.86. The van der Waals surface area contributed by atoms with E-state index >= 15 is 0 Å². The lowest BCUT2D eigenvalue weighted by Gasteiger charge is -2.34. The Morgan fingerprint density at radius 3 is 2.90 bits per heavy atom. The van der Waals surface area contributed by atoms with E-state index in [1.807, 2.05) is 0 Å². The zero-order chi connectivity index (χ0) is 14.4. The van der Waals surface area contributed by atoms with Gasteiger partial charge in [0.25, 0.3) is 0 Å². The quantitative estimate of drug-likeness (QED) is 0.907. The number of nitrogens with one attached hydrogen (secondary N) is 1. The third kappa shape index (κ3) is 2.23. The highest BCUT2D eigenvalue weighted by molar-refractivity contribution is 5.24. The SMILES string of the molecule is CC(C)c1nc2c(n1C1CCN3CCCCC13)CCNC2. The topological polar surface area (TPSA) is 33.1 Å². The lowest BCUT2D eigenvalue weighted by molar-refractivity contribution is 0.171. The van der Waals surface area contributed by atoms with Crippen LogP contribution < -0.4 is 5.32 Å². The predicted octanol–water partition coefficient (Wildman–Crippen LogP) is 2.45. The van der Waals surface area contributed by atoms with Gasteiger partial charge in [-0.05, 0) is 25.8 Å². The van der Waals surface area contributed by atoms with Crippen molar-refractivity contribution < 1.29 is 0 Å². The number of aromatic nitrogens is 2. The smallest absolute Gasteiger partial charge is 0.112 e. The molecule has 0 amide bonds. The summed E-state index contributed by atoms with van der Waals surface area (Å²) in [4.78, 5) is 7.76. The predicted molar refractivity (Wildman–Crippen MR) is 84.6 cm³/mol. The van der Waals surface area contributed by atoms with Crippen LogP contribution in [0, 0.1) is 0 Å². The van der Waals surface area contributed by atoms with Crippen molar-refractivity contribution in [1.29, 1.82) is 0 Å². The highest BCUT2D eigenvalue weighted by Crippen LogP contribution is 2.38. The largest absolute Gasteiger partial charge is 0.327 e. The minimum Gasteiger partial charge on any atom is -0.327 e. The number of rotatable bonds is 2. The van der Waals surface area contributed by atoms with E-state index in [0.29, 0.717) is 12.0 Å². The molecular formula is C17H28N4. The molecule has 3 aliphatic heterocycles. The second-order valence-electron chi connectivity index (χ2n) is 7.27. The maximum atomic E-state index is 5.01. The molecule has 0 radical (unpaired) electrons. The van der Waals surface area contributed by atoms with Gasteiger partial charge >= 0.3 is 0 Å². The Bertz CT molecular complexity index is 519. The van der Waals surface area contributed by atoms with E-state index in [1.165, 1.54) is 56.0 Å². The maximum absolute atomic E-state index is 5.01. The highest BCUT2D eigenvalue weighted by Gasteiger charge is 2.39. The molecule has 0 bridgehead atoms. The summed E-state index contributed by atoms with van der Waals surface area (Å²) in [6.07, 6.45) is 6.66. The number of hydrogen-bond donors (Lipinski definition) is 1. The summed E-state index contributed by atoms with van der Waals surface area (Å²) < 4.78 is 2.68. The van der Waals surface area contributed by atoms with Gasteiger partial charge in [0.05, 0.1) is 11.7 Å². The van der Waals surface area contributed by atoms with E-state index in [4.69, 9.17) is 4.98 Å². The Kier molecular flexibility index (Phi) is 3.54. The Morgan fingerprint density at radius 2 is 2.05 bits per heavy atom. The molecular weight excluding hydrogens is 260 g/mol. The van der Waals surface area contributed by atoms with E-state index in [2.05, 4.69) is 28.6 Å². The molecule has 2 saturated heterocycles. The molecule has 1 N–H and O–H groups in total. The van der Waals surface area contributed by atoms with Crippen molar-refractivity contribution in [2.45, 2.75) is 70.5 Å². The normalized spacial score (nSPS) is 29.7. The third-order valence-electron chi connectivity index (χ3n) is 5.62. The fourth-order valence-corrected chi connectivity index (χ4v) is 4.65. The molecule has 2 unspecified atom stereocenters. The van der Waals surface area contributed by atoms with Crippen molar-refractivity contribution in [3.05, 3.63) is 17.2 Å². The monoisotopic (exact) mass is 288 g/mol. The summed E-state index contributed by atoms with van der Waals surface area (Å²) in [6.45, 7) is 9.27. The van der Waals surface area contributed by atoms with Crippen molar-refractivity contribution in [2.24, 2.45) is 0 Å². The first-order chi connectivity index (χ1) is 10.3. The van der Waals surface area contributed by atoms with Gasteiger partial charge in [-0.15, -0.1) is 0 Å². The third-order valence-corrected chi connectivity index (χ3v) is 5.62. The molecule has 4 nitrogen and oxygen atoms in total. The summed E-state index contributed by atoms with van der Waals surface area (Å²) in [7, 11) is 0. The van der Waals surface area contributed by atoms with Crippen molar-refractivity contribution >= 4 is 0 Å². The van der Waals surface area contributed by atoms with E-state index in [9.17, 15) is 0 Å². The number of piperidine rings is 1. The van der Waals surface area contributed by atoms with E-state index in [1.54, 1.807) is 0 Å². The van der Waals surface area contributed by atoms with Gasteiger partial charge < -0.3 is 9.88 Å². The second-order valence-corrected chi connectivity index (χ2v) is 7.27. The number of nitrogens with zero attached hydrogens (tertiary/aromatic N) is 3. The molecule has 4 heterocycles. The van der Waals surface area contributed by atoms with E-state index < -0.39 is 0 Å². The van der Waals surface area contributed by atoms with Gasteiger partial charge in [0, 0.05) is 43.7 Å². The number of fused-ring (bicyclic) bond motifs is 2. The lowest BCUT2D eigenvalue weighted by Crippen LogP contribution is -2.38. The van der Waals surface area contributed by atoms with Gasteiger partial charge in [-0.1, -0.05) is 20.3 Å². The number of imidazole rings is 1. The molecule has 1 aromatic heterocycles. The molecule has 4 rings (SSSR count). The molecule has 1 aromatic rings. The zero-order valence-electron chi connectivity index (χ0n) is 13.4. The summed E-state index contributed by atoms with van der Waals surface area (Å²) in [5, 5.41) is 3.48. The van der Waals surface area contributed by atoms with Crippen LogP contribution in [-0.4, -0.2) is 40.1 Å².